The molecule has 2 amide bonds. The fraction of sp³-hybridized carbons (Fsp3) is 0.750. The molecule has 1 atom stereocenters. The molecule has 1 aliphatic rings. The summed E-state index contributed by atoms with van der Waals surface area (Å²) >= 11 is 0. The van der Waals surface area contributed by atoms with E-state index in [9.17, 15) is 22.8 Å². The predicted molar refractivity (Wildman–Crippen MR) is 56.2 cm³/mol. The van der Waals surface area contributed by atoms with Gasteiger partial charge in [0.15, 0.2) is 0 Å². The number of nitrogens with one attached hydrogen (secondary N) is 2. The van der Waals surface area contributed by atoms with Gasteiger partial charge in [0.25, 0.3) is 5.91 Å². The van der Waals surface area contributed by atoms with Gasteiger partial charge in [0.05, 0.1) is 6.54 Å². The SMILES string of the molecule is C[Si](C)(C)N[C@H]1CN(C(=O)C(F)(F)F)NC1=O. The lowest BCUT2D eigenvalue weighted by molar-refractivity contribution is -0.187. The normalized spacial score (nSPS) is 21.6. The molecule has 0 saturated carbocycles. The van der Waals surface area contributed by atoms with Crippen LogP contribution in [0.15, 0.2) is 0 Å². The van der Waals surface area contributed by atoms with Crippen LogP contribution in [0.3, 0.4) is 0 Å². The second-order valence-electron chi connectivity index (χ2n) is 4.84. The third-order valence-electron chi connectivity index (χ3n) is 2.02. The molecule has 1 saturated heterocycles. The molecule has 2 N–H and O–H groups in total. The van der Waals surface area contributed by atoms with Crippen molar-refractivity contribution in [1.29, 1.82) is 0 Å². The Morgan fingerprint density at radius 3 is 2.41 bits per heavy atom. The average molecular weight is 269 g/mol. The molecule has 98 valence electrons. The third kappa shape index (κ3) is 3.70. The summed E-state index contributed by atoms with van der Waals surface area (Å²) in [6.45, 7) is 5.43. The van der Waals surface area contributed by atoms with Crippen molar-refractivity contribution in [3.8, 4) is 0 Å². The molecule has 1 heterocycles. The Hall–Kier alpha value is -1.09. The number of carbonyl (C=O) groups excluding carboxylic acids is 2. The zero-order chi connectivity index (χ0) is 13.4. The Labute approximate surface area is 97.4 Å². The summed E-state index contributed by atoms with van der Waals surface area (Å²) in [7, 11) is -1.80. The van der Waals surface area contributed by atoms with E-state index in [1.807, 2.05) is 25.1 Å². The zero-order valence-electron chi connectivity index (χ0n) is 9.68. The second-order valence-corrected chi connectivity index (χ2v) is 9.63. The number of hydrogen-bond donors (Lipinski definition) is 2. The Balaban J connectivity index is 2.68. The first-order valence-corrected chi connectivity index (χ1v) is 8.47. The molecule has 0 spiro atoms. The molecule has 1 aliphatic heterocycles. The highest BCUT2D eigenvalue weighted by atomic mass is 28.3. The summed E-state index contributed by atoms with van der Waals surface area (Å²) in [6, 6.07) is -0.770. The van der Waals surface area contributed by atoms with Crippen LogP contribution in [0.25, 0.3) is 0 Å². The van der Waals surface area contributed by atoms with Crippen LogP contribution >= 0.6 is 0 Å². The van der Waals surface area contributed by atoms with Crippen molar-refractivity contribution in [2.75, 3.05) is 6.54 Å². The van der Waals surface area contributed by atoms with Crippen molar-refractivity contribution in [2.45, 2.75) is 31.9 Å². The first kappa shape index (κ1) is 14.0. The van der Waals surface area contributed by atoms with Crippen molar-refractivity contribution in [3.63, 3.8) is 0 Å². The number of alkyl halides is 3. The monoisotopic (exact) mass is 269 g/mol. The molecule has 0 unspecified atom stereocenters. The maximum absolute atomic E-state index is 12.1. The van der Waals surface area contributed by atoms with Crippen LogP contribution in [-0.4, -0.2) is 43.8 Å². The first-order valence-electron chi connectivity index (χ1n) is 4.97. The number of halogens is 3. The van der Waals surface area contributed by atoms with E-state index in [4.69, 9.17) is 0 Å². The van der Waals surface area contributed by atoms with Gasteiger partial charge in [-0.05, 0) is 0 Å². The maximum atomic E-state index is 12.1. The lowest BCUT2D eigenvalue weighted by Gasteiger charge is -2.22. The molecular weight excluding hydrogens is 255 g/mol. The lowest BCUT2D eigenvalue weighted by atomic mass is 10.3. The van der Waals surface area contributed by atoms with E-state index in [1.54, 1.807) is 0 Å². The molecule has 0 radical (unpaired) electrons. The predicted octanol–water partition coefficient (Wildman–Crippen LogP) is 0.215. The molecule has 0 aliphatic carbocycles. The van der Waals surface area contributed by atoms with E-state index in [0.29, 0.717) is 5.01 Å². The number of amides is 2. The summed E-state index contributed by atoms with van der Waals surface area (Å²) in [4.78, 5) is 25.2. The minimum Gasteiger partial charge on any atom is -0.325 e. The molecule has 17 heavy (non-hydrogen) atoms. The van der Waals surface area contributed by atoms with Gasteiger partial charge in [-0.2, -0.15) is 13.2 Å². The number of hydrazine groups is 1. The molecule has 0 aromatic carbocycles. The van der Waals surface area contributed by atoms with Gasteiger partial charge < -0.3 is 4.98 Å². The number of hydrogen-bond acceptors (Lipinski definition) is 3. The molecule has 0 aromatic heterocycles. The van der Waals surface area contributed by atoms with E-state index in [-0.39, 0.29) is 6.54 Å². The van der Waals surface area contributed by atoms with Crippen LogP contribution in [-0.2, 0) is 9.59 Å². The Morgan fingerprint density at radius 2 is 2.00 bits per heavy atom. The fourth-order valence-corrected chi connectivity index (χ4v) is 2.71. The van der Waals surface area contributed by atoms with E-state index in [2.05, 4.69) is 4.98 Å². The maximum Gasteiger partial charge on any atom is 0.473 e. The van der Waals surface area contributed by atoms with E-state index >= 15 is 0 Å². The highest BCUT2D eigenvalue weighted by Gasteiger charge is 2.47. The second kappa shape index (κ2) is 4.30. The highest BCUT2D eigenvalue weighted by molar-refractivity contribution is 6.73. The molecule has 1 fully saturated rings. The van der Waals surface area contributed by atoms with Crippen LogP contribution in [0.2, 0.25) is 19.6 Å². The molecule has 9 heteroatoms. The fourth-order valence-electron chi connectivity index (χ4n) is 1.44. The number of nitrogens with zero attached hydrogens (tertiary/aromatic N) is 1. The standard InChI is InChI=1S/C8H14F3N3O2Si/c1-17(2,3)13-5-4-14(12-6(5)15)7(16)8(9,10)11/h5,13H,4H2,1-3H3,(H,12,15)/t5-/m0/s1. The molecule has 5 nitrogen and oxygen atoms in total. The number of carbonyl (C=O) groups is 2. The van der Waals surface area contributed by atoms with Crippen LogP contribution in [0, 0.1) is 0 Å². The summed E-state index contributed by atoms with van der Waals surface area (Å²) in [5.41, 5.74) is 1.92. The van der Waals surface area contributed by atoms with Crippen molar-refractivity contribution < 1.29 is 22.8 Å². The van der Waals surface area contributed by atoms with Gasteiger partial charge in [0.2, 0.25) is 0 Å². The molecule has 0 aromatic rings. The summed E-state index contributed by atoms with van der Waals surface area (Å²) in [6.07, 6.45) is -4.97. The van der Waals surface area contributed by atoms with Crippen molar-refractivity contribution in [2.24, 2.45) is 0 Å². The lowest BCUT2D eigenvalue weighted by Crippen LogP contribution is -2.52. The van der Waals surface area contributed by atoms with Crippen LogP contribution in [0.1, 0.15) is 0 Å². The minimum absolute atomic E-state index is 0.304. The Kier molecular flexibility index (Phi) is 3.53. The summed E-state index contributed by atoms with van der Waals surface area (Å²) in [5, 5.41) is 0.306. The van der Waals surface area contributed by atoms with Gasteiger partial charge >= 0.3 is 12.1 Å². The molecule has 1 rings (SSSR count). The third-order valence-corrected chi connectivity index (χ3v) is 3.24. The van der Waals surface area contributed by atoms with Gasteiger partial charge in [0.1, 0.15) is 14.3 Å². The van der Waals surface area contributed by atoms with Crippen LogP contribution < -0.4 is 10.4 Å². The molecular formula is C8H14F3N3O2Si. The van der Waals surface area contributed by atoms with Crippen molar-refractivity contribution in [1.82, 2.24) is 15.4 Å². The van der Waals surface area contributed by atoms with Crippen molar-refractivity contribution >= 4 is 20.0 Å². The zero-order valence-corrected chi connectivity index (χ0v) is 10.7. The van der Waals surface area contributed by atoms with Crippen LogP contribution in [0.5, 0.6) is 0 Å². The summed E-state index contributed by atoms with van der Waals surface area (Å²) < 4.78 is 36.4. The van der Waals surface area contributed by atoms with Gasteiger partial charge in [0, 0.05) is 0 Å². The van der Waals surface area contributed by atoms with E-state index in [0.717, 1.165) is 0 Å². The van der Waals surface area contributed by atoms with Gasteiger partial charge in [-0.25, -0.2) is 5.01 Å². The first-order chi connectivity index (χ1) is 7.50. The van der Waals surface area contributed by atoms with Gasteiger partial charge in [-0.3, -0.25) is 15.0 Å². The Morgan fingerprint density at radius 1 is 1.47 bits per heavy atom. The summed E-state index contributed by atoms with van der Waals surface area (Å²) in [5.74, 6) is -2.66. The minimum atomic E-state index is -4.97. The quantitative estimate of drug-likeness (QED) is 0.705. The average Bonchev–Trinajstić information content (AvgIpc) is 2.42. The smallest absolute Gasteiger partial charge is 0.325 e. The Bertz CT molecular complexity index is 340. The molecule has 0 bridgehead atoms. The van der Waals surface area contributed by atoms with Gasteiger partial charge in [-0.1, -0.05) is 19.6 Å². The topological polar surface area (TPSA) is 61.4 Å². The van der Waals surface area contributed by atoms with Crippen molar-refractivity contribution in [3.05, 3.63) is 0 Å². The highest BCUT2D eigenvalue weighted by Crippen LogP contribution is 2.19. The van der Waals surface area contributed by atoms with E-state index < -0.39 is 32.3 Å². The van der Waals surface area contributed by atoms with Gasteiger partial charge in [-0.15, -0.1) is 0 Å². The van der Waals surface area contributed by atoms with E-state index in [1.165, 1.54) is 0 Å². The largest absolute Gasteiger partial charge is 0.473 e. The van der Waals surface area contributed by atoms with Crippen LogP contribution in [0.4, 0.5) is 13.2 Å². The number of rotatable bonds is 2.